The number of para-hydroxylation sites is 1. The molecule has 1 spiro atoms. The summed E-state index contributed by atoms with van der Waals surface area (Å²) < 4.78 is 19.8. The lowest BCUT2D eigenvalue weighted by Crippen LogP contribution is -2.51. The van der Waals surface area contributed by atoms with Gasteiger partial charge in [0.25, 0.3) is 0 Å². The van der Waals surface area contributed by atoms with E-state index in [1.54, 1.807) is 11.1 Å². The molecule has 0 unspecified atom stereocenters. The summed E-state index contributed by atoms with van der Waals surface area (Å²) in [5, 5.41) is 2.81. The highest BCUT2D eigenvalue weighted by Crippen LogP contribution is 2.35. The Morgan fingerprint density at radius 3 is 2.92 bits per heavy atom. The van der Waals surface area contributed by atoms with Crippen LogP contribution in [0, 0.1) is 0 Å². The van der Waals surface area contributed by atoms with E-state index in [0.29, 0.717) is 32.1 Å². The van der Waals surface area contributed by atoms with Crippen molar-refractivity contribution < 1.29 is 14.3 Å². The van der Waals surface area contributed by atoms with Crippen LogP contribution in [-0.4, -0.2) is 45.0 Å². The van der Waals surface area contributed by atoms with Crippen molar-refractivity contribution in [1.29, 1.82) is 0 Å². The van der Waals surface area contributed by atoms with Crippen LogP contribution >= 0.6 is 11.7 Å². The summed E-state index contributed by atoms with van der Waals surface area (Å²) in [4.78, 5) is 14.5. The standard InChI is InChI=1S/C16H18N4O3S/c21-15(18-14-9-17-24-19-14)20-10-12-3-1-2-4-13(12)23-16(11-20)5-7-22-8-6-16/h1-4,9H,5-8,10-11H2,(H,18,19,21). The average Bonchev–Trinajstić information content (AvgIpc) is 3.04. The van der Waals surface area contributed by atoms with E-state index in [2.05, 4.69) is 14.1 Å². The molecule has 2 aliphatic rings. The number of hydrogen-bond donors (Lipinski definition) is 1. The zero-order valence-electron chi connectivity index (χ0n) is 13.1. The van der Waals surface area contributed by atoms with Crippen molar-refractivity contribution in [2.75, 3.05) is 25.1 Å². The fraction of sp³-hybridized carbons (Fsp3) is 0.438. The van der Waals surface area contributed by atoms with Crippen LogP contribution in [0.1, 0.15) is 18.4 Å². The molecule has 2 amide bonds. The predicted molar refractivity (Wildman–Crippen MR) is 89.2 cm³/mol. The lowest BCUT2D eigenvalue weighted by molar-refractivity contribution is -0.0529. The summed E-state index contributed by atoms with van der Waals surface area (Å²) in [6.07, 6.45) is 3.09. The van der Waals surface area contributed by atoms with Gasteiger partial charge in [0.2, 0.25) is 0 Å². The Labute approximate surface area is 143 Å². The molecule has 1 fully saturated rings. The van der Waals surface area contributed by atoms with E-state index in [1.807, 2.05) is 24.3 Å². The molecule has 1 saturated heterocycles. The number of fused-ring (bicyclic) bond motifs is 1. The molecular formula is C16H18N4O3S. The van der Waals surface area contributed by atoms with Crippen LogP contribution in [-0.2, 0) is 11.3 Å². The van der Waals surface area contributed by atoms with Crippen molar-refractivity contribution in [3.8, 4) is 5.75 Å². The topological polar surface area (TPSA) is 76.6 Å². The second-order valence-corrected chi connectivity index (χ2v) is 6.64. The van der Waals surface area contributed by atoms with E-state index in [0.717, 1.165) is 35.9 Å². The minimum atomic E-state index is -0.400. The molecule has 2 aliphatic heterocycles. The van der Waals surface area contributed by atoms with Crippen LogP contribution < -0.4 is 10.1 Å². The number of aromatic nitrogens is 2. The van der Waals surface area contributed by atoms with E-state index >= 15 is 0 Å². The number of amides is 2. The number of hydrogen-bond acceptors (Lipinski definition) is 6. The van der Waals surface area contributed by atoms with Crippen LogP contribution in [0.15, 0.2) is 30.5 Å². The summed E-state index contributed by atoms with van der Waals surface area (Å²) in [5.41, 5.74) is 0.607. The van der Waals surface area contributed by atoms with Crippen LogP contribution in [0.2, 0.25) is 0 Å². The molecule has 126 valence electrons. The fourth-order valence-corrected chi connectivity index (χ4v) is 3.54. The molecule has 7 nitrogen and oxygen atoms in total. The number of rotatable bonds is 1. The van der Waals surface area contributed by atoms with Crippen molar-refractivity contribution in [3.63, 3.8) is 0 Å². The Hall–Kier alpha value is -2.19. The van der Waals surface area contributed by atoms with Gasteiger partial charge >= 0.3 is 6.03 Å². The fourth-order valence-electron chi connectivity index (χ4n) is 3.16. The molecule has 1 aromatic carbocycles. The molecule has 0 bridgehead atoms. The number of benzene rings is 1. The molecule has 24 heavy (non-hydrogen) atoms. The van der Waals surface area contributed by atoms with Crippen LogP contribution in [0.4, 0.5) is 10.6 Å². The van der Waals surface area contributed by atoms with Gasteiger partial charge in [-0.05, 0) is 6.07 Å². The zero-order valence-corrected chi connectivity index (χ0v) is 13.9. The minimum absolute atomic E-state index is 0.186. The van der Waals surface area contributed by atoms with Crippen molar-refractivity contribution >= 4 is 23.6 Å². The molecule has 2 aromatic rings. The van der Waals surface area contributed by atoms with Gasteiger partial charge in [0.15, 0.2) is 5.82 Å². The van der Waals surface area contributed by atoms with Gasteiger partial charge in [-0.1, -0.05) is 18.2 Å². The van der Waals surface area contributed by atoms with E-state index in [9.17, 15) is 4.79 Å². The van der Waals surface area contributed by atoms with Crippen molar-refractivity contribution in [3.05, 3.63) is 36.0 Å². The van der Waals surface area contributed by atoms with Gasteiger partial charge in [-0.2, -0.15) is 8.75 Å². The molecule has 3 heterocycles. The maximum Gasteiger partial charge on any atom is 0.323 e. The number of nitrogens with zero attached hydrogens (tertiary/aromatic N) is 3. The second-order valence-electron chi connectivity index (χ2n) is 6.08. The Kier molecular flexibility index (Phi) is 4.07. The van der Waals surface area contributed by atoms with Gasteiger partial charge in [-0.15, -0.1) is 0 Å². The first kappa shape index (κ1) is 15.3. The minimum Gasteiger partial charge on any atom is -0.485 e. The molecular weight excluding hydrogens is 328 g/mol. The van der Waals surface area contributed by atoms with Gasteiger partial charge in [0.05, 0.1) is 44.2 Å². The zero-order chi connectivity index (χ0) is 16.4. The van der Waals surface area contributed by atoms with Gasteiger partial charge in [0.1, 0.15) is 11.4 Å². The third-order valence-electron chi connectivity index (χ3n) is 4.43. The maximum absolute atomic E-state index is 12.7. The van der Waals surface area contributed by atoms with Crippen molar-refractivity contribution in [2.45, 2.75) is 25.0 Å². The molecule has 1 N–H and O–H groups in total. The Balaban J connectivity index is 1.62. The third kappa shape index (κ3) is 3.07. The summed E-state index contributed by atoms with van der Waals surface area (Å²) in [7, 11) is 0. The molecule has 8 heteroatoms. The number of carbonyl (C=O) groups is 1. The first-order valence-electron chi connectivity index (χ1n) is 7.92. The summed E-state index contributed by atoms with van der Waals surface area (Å²) in [6.45, 7) is 2.32. The maximum atomic E-state index is 12.7. The molecule has 4 rings (SSSR count). The first-order valence-corrected chi connectivity index (χ1v) is 8.65. The van der Waals surface area contributed by atoms with E-state index in [-0.39, 0.29) is 6.03 Å². The largest absolute Gasteiger partial charge is 0.485 e. The van der Waals surface area contributed by atoms with Gasteiger partial charge in [-0.25, -0.2) is 4.79 Å². The highest BCUT2D eigenvalue weighted by Gasteiger charge is 2.40. The van der Waals surface area contributed by atoms with Gasteiger partial charge in [0, 0.05) is 18.4 Å². The second kappa shape index (κ2) is 6.37. The quantitative estimate of drug-likeness (QED) is 0.858. The molecule has 1 aromatic heterocycles. The Morgan fingerprint density at radius 2 is 2.12 bits per heavy atom. The number of ether oxygens (including phenoxy) is 2. The van der Waals surface area contributed by atoms with Crippen LogP contribution in [0.25, 0.3) is 0 Å². The number of nitrogens with one attached hydrogen (secondary N) is 1. The van der Waals surface area contributed by atoms with Gasteiger partial charge < -0.3 is 14.4 Å². The van der Waals surface area contributed by atoms with Crippen LogP contribution in [0.5, 0.6) is 5.75 Å². The average molecular weight is 346 g/mol. The third-order valence-corrected chi connectivity index (χ3v) is 4.90. The van der Waals surface area contributed by atoms with Crippen LogP contribution in [0.3, 0.4) is 0 Å². The predicted octanol–water partition coefficient (Wildman–Crippen LogP) is 2.51. The number of carbonyl (C=O) groups excluding carboxylic acids is 1. The highest BCUT2D eigenvalue weighted by atomic mass is 32.1. The summed E-state index contributed by atoms with van der Waals surface area (Å²) >= 11 is 1.07. The Morgan fingerprint density at radius 1 is 1.29 bits per heavy atom. The number of anilines is 1. The van der Waals surface area contributed by atoms with E-state index in [1.165, 1.54) is 0 Å². The van der Waals surface area contributed by atoms with Crippen molar-refractivity contribution in [2.24, 2.45) is 0 Å². The summed E-state index contributed by atoms with van der Waals surface area (Å²) in [6, 6.07) is 7.71. The first-order chi connectivity index (χ1) is 11.7. The highest BCUT2D eigenvalue weighted by molar-refractivity contribution is 6.99. The number of urea groups is 1. The van der Waals surface area contributed by atoms with Crippen molar-refractivity contribution in [1.82, 2.24) is 13.6 Å². The molecule has 0 radical (unpaired) electrons. The molecule has 0 aliphatic carbocycles. The monoisotopic (exact) mass is 346 g/mol. The lowest BCUT2D eigenvalue weighted by atomic mass is 9.93. The van der Waals surface area contributed by atoms with E-state index < -0.39 is 5.60 Å². The SMILES string of the molecule is O=C(Nc1cnsn1)N1Cc2ccccc2OC2(CCOCC2)C1. The van der Waals surface area contributed by atoms with E-state index in [4.69, 9.17) is 9.47 Å². The normalized spacial score (nSPS) is 19.2. The lowest BCUT2D eigenvalue weighted by Gasteiger charge is -2.38. The Bertz CT molecular complexity index is 716. The van der Waals surface area contributed by atoms with Gasteiger partial charge in [-0.3, -0.25) is 5.32 Å². The summed E-state index contributed by atoms with van der Waals surface area (Å²) in [5.74, 6) is 1.33. The molecule has 0 atom stereocenters. The smallest absolute Gasteiger partial charge is 0.323 e. The molecule has 0 saturated carbocycles.